The molecule has 4 rings (SSSR count). The summed E-state index contributed by atoms with van der Waals surface area (Å²) >= 11 is 0. The van der Waals surface area contributed by atoms with E-state index >= 15 is 0 Å². The van der Waals surface area contributed by atoms with Crippen LogP contribution in [0.3, 0.4) is 0 Å². The first kappa shape index (κ1) is 23.7. The van der Waals surface area contributed by atoms with Crippen molar-refractivity contribution in [3.63, 3.8) is 0 Å². The molecule has 1 amide bonds. The van der Waals surface area contributed by atoms with Crippen LogP contribution < -0.4 is 5.32 Å². The van der Waals surface area contributed by atoms with E-state index in [1.165, 1.54) is 19.3 Å². The lowest BCUT2D eigenvalue weighted by atomic mass is 9.69. The average Bonchev–Trinajstić information content (AvgIpc) is 3.28. The largest absolute Gasteiger partial charge is 0.456 e. The second kappa shape index (κ2) is 9.09. The number of amides is 1. The van der Waals surface area contributed by atoms with Gasteiger partial charge in [0, 0.05) is 18.4 Å². The summed E-state index contributed by atoms with van der Waals surface area (Å²) in [5, 5.41) is 12.4. The van der Waals surface area contributed by atoms with Crippen molar-refractivity contribution < 1.29 is 24.2 Å². The van der Waals surface area contributed by atoms with Gasteiger partial charge in [0.1, 0.15) is 18.3 Å². The summed E-state index contributed by atoms with van der Waals surface area (Å²) in [6.45, 7) is 8.07. The number of hydrogen-bond donors (Lipinski definition) is 2. The Bertz CT molecular complexity index is 744. The molecule has 32 heavy (non-hydrogen) atoms. The van der Waals surface area contributed by atoms with E-state index in [0.29, 0.717) is 18.3 Å². The zero-order valence-electron chi connectivity index (χ0n) is 20.1. The zero-order valence-corrected chi connectivity index (χ0v) is 20.1. The molecule has 2 heterocycles. The van der Waals surface area contributed by atoms with Crippen molar-refractivity contribution in [3.05, 3.63) is 12.2 Å². The molecule has 2 aliphatic heterocycles. The van der Waals surface area contributed by atoms with E-state index in [9.17, 15) is 14.7 Å². The molecule has 3 unspecified atom stereocenters. The van der Waals surface area contributed by atoms with E-state index < -0.39 is 17.8 Å². The number of hydrogen-bond acceptors (Lipinski definition) is 5. The highest BCUT2D eigenvalue weighted by Crippen LogP contribution is 2.62. The summed E-state index contributed by atoms with van der Waals surface area (Å²) in [4.78, 5) is 25.1. The van der Waals surface area contributed by atoms with Crippen molar-refractivity contribution in [3.8, 4) is 0 Å². The molecule has 0 aromatic rings. The summed E-state index contributed by atoms with van der Waals surface area (Å²) in [5.41, 5.74) is -1.17. The number of ether oxygens (including phenoxy) is 2. The third-order valence-corrected chi connectivity index (χ3v) is 9.10. The summed E-state index contributed by atoms with van der Waals surface area (Å²) < 4.78 is 13.1. The van der Waals surface area contributed by atoms with Gasteiger partial charge in [0.2, 0.25) is 5.91 Å². The Morgan fingerprint density at radius 1 is 1.19 bits per heavy atom. The van der Waals surface area contributed by atoms with E-state index in [1.54, 1.807) is 6.08 Å². The molecule has 2 saturated heterocycles. The van der Waals surface area contributed by atoms with Gasteiger partial charge in [-0.3, -0.25) is 4.79 Å². The van der Waals surface area contributed by atoms with Crippen LogP contribution in [0.25, 0.3) is 0 Å². The van der Waals surface area contributed by atoms with Crippen LogP contribution in [0.5, 0.6) is 0 Å². The Kier molecular flexibility index (Phi) is 6.75. The average molecular weight is 448 g/mol. The predicted molar refractivity (Wildman–Crippen MR) is 122 cm³/mol. The molecule has 7 atom stereocenters. The van der Waals surface area contributed by atoms with Crippen molar-refractivity contribution in [2.24, 2.45) is 29.6 Å². The Balaban J connectivity index is 1.61. The van der Waals surface area contributed by atoms with Crippen molar-refractivity contribution in [1.82, 2.24) is 5.32 Å². The molecule has 0 aromatic heterocycles. The number of esters is 1. The first-order valence-electron chi connectivity index (χ1n) is 12.7. The number of carbonyl (C=O) groups excluding carboxylic acids is 2. The Morgan fingerprint density at radius 2 is 1.91 bits per heavy atom. The Labute approximate surface area is 192 Å². The minimum Gasteiger partial charge on any atom is -0.456 e. The van der Waals surface area contributed by atoms with Crippen LogP contribution in [0.1, 0.15) is 79.1 Å². The van der Waals surface area contributed by atoms with Crippen LogP contribution in [0.15, 0.2) is 12.2 Å². The van der Waals surface area contributed by atoms with E-state index in [4.69, 9.17) is 9.47 Å². The number of rotatable bonds is 6. The van der Waals surface area contributed by atoms with Gasteiger partial charge < -0.3 is 19.9 Å². The fourth-order valence-corrected chi connectivity index (χ4v) is 7.28. The van der Waals surface area contributed by atoms with Crippen LogP contribution in [0.2, 0.25) is 0 Å². The van der Waals surface area contributed by atoms with Crippen molar-refractivity contribution in [2.45, 2.75) is 102 Å². The van der Waals surface area contributed by atoms with Crippen LogP contribution >= 0.6 is 0 Å². The number of allylic oxidation sites excluding steroid dienone is 1. The third kappa shape index (κ3) is 4.02. The van der Waals surface area contributed by atoms with Crippen LogP contribution in [0, 0.1) is 29.6 Å². The SMILES string of the molecule is CC(C)C12C[C@@H](NC(=O)CO)C(C)(O1)C1CC[C@@H](C)[C@H]1[C@@H]2OC(=O)/C=C/C1CCCCC1. The maximum absolute atomic E-state index is 13.0. The number of aliphatic hydroxyl groups is 1. The molecule has 2 aliphatic carbocycles. The van der Waals surface area contributed by atoms with Gasteiger partial charge in [-0.1, -0.05) is 46.1 Å². The highest BCUT2D eigenvalue weighted by molar-refractivity contribution is 5.82. The lowest BCUT2D eigenvalue weighted by Crippen LogP contribution is -2.63. The quantitative estimate of drug-likeness (QED) is 0.478. The molecule has 2 bridgehead atoms. The molecule has 2 saturated carbocycles. The second-order valence-electron chi connectivity index (χ2n) is 11.2. The molecule has 2 N–H and O–H groups in total. The molecule has 0 aromatic carbocycles. The molecule has 0 radical (unpaired) electrons. The topological polar surface area (TPSA) is 84.9 Å². The Morgan fingerprint density at radius 3 is 2.56 bits per heavy atom. The number of aliphatic hydroxyl groups excluding tert-OH is 1. The van der Waals surface area contributed by atoms with E-state index in [2.05, 4.69) is 33.0 Å². The highest BCUT2D eigenvalue weighted by Gasteiger charge is 2.71. The zero-order chi connectivity index (χ0) is 23.1. The minimum absolute atomic E-state index is 0.117. The molecule has 6 nitrogen and oxygen atoms in total. The maximum atomic E-state index is 13.0. The summed E-state index contributed by atoms with van der Waals surface area (Å²) in [6.07, 6.45) is 12.1. The minimum atomic E-state index is -0.643. The monoisotopic (exact) mass is 447 g/mol. The summed E-state index contributed by atoms with van der Waals surface area (Å²) in [6, 6.07) is -0.205. The first-order valence-corrected chi connectivity index (χ1v) is 12.7. The number of carbonyl (C=O) groups is 2. The van der Waals surface area contributed by atoms with Crippen LogP contribution in [-0.2, 0) is 19.1 Å². The fourth-order valence-electron chi connectivity index (χ4n) is 7.28. The fraction of sp³-hybridized carbons (Fsp3) is 0.846. The van der Waals surface area contributed by atoms with E-state index in [1.807, 2.05) is 6.08 Å². The smallest absolute Gasteiger partial charge is 0.330 e. The maximum Gasteiger partial charge on any atom is 0.330 e. The van der Waals surface area contributed by atoms with Crippen molar-refractivity contribution in [2.75, 3.05) is 6.61 Å². The van der Waals surface area contributed by atoms with Gasteiger partial charge in [-0.2, -0.15) is 0 Å². The Hall–Kier alpha value is -1.40. The van der Waals surface area contributed by atoms with Gasteiger partial charge in [-0.05, 0) is 56.3 Å². The van der Waals surface area contributed by atoms with Crippen molar-refractivity contribution >= 4 is 11.9 Å². The van der Waals surface area contributed by atoms with E-state index in [0.717, 1.165) is 25.7 Å². The van der Waals surface area contributed by atoms with Gasteiger partial charge in [0.15, 0.2) is 0 Å². The lowest BCUT2D eigenvalue weighted by Gasteiger charge is -2.53. The lowest BCUT2D eigenvalue weighted by molar-refractivity contribution is -0.259. The van der Waals surface area contributed by atoms with Crippen molar-refractivity contribution in [1.29, 1.82) is 0 Å². The van der Waals surface area contributed by atoms with Gasteiger partial charge >= 0.3 is 5.97 Å². The molecular formula is C26H41NO5. The first-order chi connectivity index (χ1) is 15.2. The van der Waals surface area contributed by atoms with E-state index in [-0.39, 0.29) is 41.8 Å². The highest BCUT2D eigenvalue weighted by atomic mass is 16.6. The van der Waals surface area contributed by atoms with Gasteiger partial charge in [0.05, 0.1) is 11.6 Å². The molecule has 6 heteroatoms. The standard InChI is InChI=1S/C26H41NO5/c1-16(2)26-14-20(27-21(29)15-28)25(4,32-26)19-12-10-17(3)23(19)24(26)31-22(30)13-11-18-8-6-5-7-9-18/h11,13,16-20,23-24,28H,5-10,12,14-15H2,1-4H3,(H,27,29)/b13-11+/t17-,19?,20-,23-,24+,25?,26?/m1/s1. The summed E-state index contributed by atoms with van der Waals surface area (Å²) in [5.74, 6) is 0.783. The van der Waals surface area contributed by atoms with Crippen LogP contribution in [-0.4, -0.2) is 46.9 Å². The number of nitrogens with one attached hydrogen (secondary N) is 1. The molecular weight excluding hydrogens is 406 g/mol. The second-order valence-corrected chi connectivity index (χ2v) is 11.2. The van der Waals surface area contributed by atoms with Crippen LogP contribution in [0.4, 0.5) is 0 Å². The molecule has 4 fully saturated rings. The van der Waals surface area contributed by atoms with Gasteiger partial charge in [0.25, 0.3) is 0 Å². The molecule has 0 spiro atoms. The van der Waals surface area contributed by atoms with Gasteiger partial charge in [-0.25, -0.2) is 4.79 Å². The third-order valence-electron chi connectivity index (χ3n) is 9.10. The number of fused-ring (bicyclic) bond motifs is 4. The molecule has 4 aliphatic rings. The van der Waals surface area contributed by atoms with Gasteiger partial charge in [-0.15, -0.1) is 0 Å². The normalized spacial score (nSPS) is 41.8. The summed E-state index contributed by atoms with van der Waals surface area (Å²) in [7, 11) is 0. The molecule has 180 valence electrons. The predicted octanol–water partition coefficient (Wildman–Crippen LogP) is 3.76.